The van der Waals surface area contributed by atoms with Crippen molar-refractivity contribution in [3.8, 4) is 11.3 Å². The topological polar surface area (TPSA) is 64.0 Å². The summed E-state index contributed by atoms with van der Waals surface area (Å²) in [7, 11) is -4.16. The van der Waals surface area contributed by atoms with Crippen LogP contribution in [0.5, 0.6) is 0 Å². The van der Waals surface area contributed by atoms with Crippen LogP contribution in [0, 0.1) is 6.92 Å². The molecule has 3 rings (SSSR count). The quantitative estimate of drug-likeness (QED) is 0.684. The second-order valence-corrected chi connectivity index (χ2v) is 7.78. The molecule has 0 atom stereocenters. The summed E-state index contributed by atoms with van der Waals surface area (Å²) in [6.45, 7) is 1.77. The van der Waals surface area contributed by atoms with Gasteiger partial charge in [0, 0.05) is 5.56 Å². The second kappa shape index (κ2) is 6.90. The fourth-order valence-corrected chi connectivity index (χ4v) is 3.69. The number of nitrogens with one attached hydrogen (secondary N) is 1. The Hall–Kier alpha value is -2.52. The SMILES string of the molecule is Cc1ccc(-c2cc(C(F)(F)F)nn2NS(=O)(=O)c2ccccc2)c(Cl)c1. The lowest BCUT2D eigenvalue weighted by atomic mass is 10.1. The minimum Gasteiger partial charge on any atom is -0.200 e. The summed E-state index contributed by atoms with van der Waals surface area (Å²) in [5.41, 5.74) is -0.367. The largest absolute Gasteiger partial charge is 0.435 e. The summed E-state index contributed by atoms with van der Waals surface area (Å²) in [5.74, 6) is 0. The molecule has 0 saturated heterocycles. The van der Waals surface area contributed by atoms with E-state index in [2.05, 4.69) is 9.93 Å². The van der Waals surface area contributed by atoms with Crippen molar-refractivity contribution in [2.45, 2.75) is 18.0 Å². The average molecular weight is 416 g/mol. The second-order valence-electron chi connectivity index (χ2n) is 5.72. The monoisotopic (exact) mass is 415 g/mol. The van der Waals surface area contributed by atoms with Crippen molar-refractivity contribution in [3.63, 3.8) is 0 Å². The van der Waals surface area contributed by atoms with Crippen molar-refractivity contribution in [1.82, 2.24) is 9.89 Å². The van der Waals surface area contributed by atoms with E-state index in [9.17, 15) is 21.6 Å². The average Bonchev–Trinajstić information content (AvgIpc) is 2.99. The molecule has 2 aromatic carbocycles. The Morgan fingerprint density at radius 1 is 1.07 bits per heavy atom. The first-order chi connectivity index (χ1) is 12.6. The van der Waals surface area contributed by atoms with Crippen LogP contribution < -0.4 is 4.83 Å². The zero-order valence-corrected chi connectivity index (χ0v) is 15.4. The van der Waals surface area contributed by atoms with E-state index < -0.39 is 21.9 Å². The lowest BCUT2D eigenvalue weighted by Crippen LogP contribution is -2.25. The van der Waals surface area contributed by atoms with Gasteiger partial charge in [-0.2, -0.15) is 31.2 Å². The molecule has 0 aliphatic heterocycles. The van der Waals surface area contributed by atoms with Gasteiger partial charge in [-0.1, -0.05) is 41.9 Å². The third kappa shape index (κ3) is 4.09. The van der Waals surface area contributed by atoms with Gasteiger partial charge in [0.15, 0.2) is 5.69 Å². The maximum Gasteiger partial charge on any atom is 0.435 e. The molecule has 0 aliphatic carbocycles. The van der Waals surface area contributed by atoms with Crippen molar-refractivity contribution in [1.29, 1.82) is 0 Å². The molecule has 0 fully saturated rings. The summed E-state index contributed by atoms with van der Waals surface area (Å²) in [6, 6.07) is 12.7. The number of sulfonamides is 1. The van der Waals surface area contributed by atoms with Crippen LogP contribution in [0.3, 0.4) is 0 Å². The van der Waals surface area contributed by atoms with Gasteiger partial charge in [0.05, 0.1) is 15.6 Å². The molecule has 1 aromatic heterocycles. The fraction of sp³-hybridized carbons (Fsp3) is 0.118. The van der Waals surface area contributed by atoms with Crippen LogP contribution in [0.15, 0.2) is 59.5 Å². The Balaban J connectivity index is 2.13. The predicted molar refractivity (Wildman–Crippen MR) is 95.4 cm³/mol. The standard InChI is InChI=1S/C17H13ClF3N3O2S/c1-11-7-8-13(14(18)9-11)15-10-16(17(19,20)21)22-24(15)23-27(25,26)12-5-3-2-4-6-12/h2-10,23H,1H3. The molecule has 0 aliphatic rings. The highest BCUT2D eigenvalue weighted by atomic mass is 35.5. The molecule has 1 N–H and O–H groups in total. The van der Waals surface area contributed by atoms with Gasteiger partial charge in [0.25, 0.3) is 10.0 Å². The summed E-state index contributed by atoms with van der Waals surface area (Å²) >= 11 is 6.15. The molecule has 0 amide bonds. The summed E-state index contributed by atoms with van der Waals surface area (Å²) < 4.78 is 64.4. The number of nitrogens with zero attached hydrogens (tertiary/aromatic N) is 2. The van der Waals surface area contributed by atoms with Gasteiger partial charge in [-0.05, 0) is 36.8 Å². The minimum atomic E-state index is -4.75. The van der Waals surface area contributed by atoms with Crippen LogP contribution in [-0.4, -0.2) is 18.3 Å². The van der Waals surface area contributed by atoms with E-state index in [1.807, 2.05) is 0 Å². The maximum absolute atomic E-state index is 13.1. The van der Waals surface area contributed by atoms with Crippen LogP contribution in [0.1, 0.15) is 11.3 Å². The van der Waals surface area contributed by atoms with Crippen LogP contribution in [0.25, 0.3) is 11.3 Å². The first-order valence-corrected chi connectivity index (χ1v) is 9.46. The third-order valence-electron chi connectivity index (χ3n) is 3.66. The van der Waals surface area contributed by atoms with Crippen molar-refractivity contribution in [2.75, 3.05) is 4.83 Å². The first kappa shape index (κ1) is 19.2. The molecule has 3 aromatic rings. The molecule has 0 radical (unpaired) electrons. The molecule has 0 saturated carbocycles. The van der Waals surface area contributed by atoms with Crippen molar-refractivity contribution in [3.05, 3.63) is 70.9 Å². The Labute approximate surface area is 158 Å². The third-order valence-corrected chi connectivity index (χ3v) is 5.28. The Bertz CT molecular complexity index is 1080. The number of aromatic nitrogens is 2. The van der Waals surface area contributed by atoms with Gasteiger partial charge in [-0.3, -0.25) is 0 Å². The zero-order valence-electron chi connectivity index (χ0n) is 13.8. The fourth-order valence-electron chi connectivity index (χ4n) is 2.38. The number of aryl methyl sites for hydroxylation is 1. The number of benzene rings is 2. The van der Waals surface area contributed by atoms with E-state index >= 15 is 0 Å². The predicted octanol–water partition coefficient (Wildman–Crippen LogP) is 4.46. The number of hydrogen-bond donors (Lipinski definition) is 1. The molecule has 0 bridgehead atoms. The Kier molecular flexibility index (Phi) is 4.92. The van der Waals surface area contributed by atoms with Crippen molar-refractivity contribution >= 4 is 21.6 Å². The van der Waals surface area contributed by atoms with Crippen LogP contribution in [0.2, 0.25) is 5.02 Å². The van der Waals surface area contributed by atoms with Gasteiger partial charge in [-0.15, -0.1) is 5.10 Å². The van der Waals surface area contributed by atoms with Crippen LogP contribution in [0.4, 0.5) is 13.2 Å². The van der Waals surface area contributed by atoms with E-state index in [-0.39, 0.29) is 21.2 Å². The smallest absolute Gasteiger partial charge is 0.200 e. The van der Waals surface area contributed by atoms with Crippen molar-refractivity contribution in [2.24, 2.45) is 0 Å². The lowest BCUT2D eigenvalue weighted by Gasteiger charge is -2.12. The maximum atomic E-state index is 13.1. The van der Waals surface area contributed by atoms with Gasteiger partial charge >= 0.3 is 6.18 Å². The van der Waals surface area contributed by atoms with E-state index in [0.29, 0.717) is 4.79 Å². The number of alkyl halides is 3. The summed E-state index contributed by atoms with van der Waals surface area (Å²) in [4.78, 5) is 2.51. The Morgan fingerprint density at radius 3 is 2.33 bits per heavy atom. The minimum absolute atomic E-state index is 0.116. The van der Waals surface area contributed by atoms with Crippen molar-refractivity contribution < 1.29 is 21.6 Å². The number of halogens is 4. The molecule has 0 unspecified atom stereocenters. The van der Waals surface area contributed by atoms with Crippen LogP contribution >= 0.6 is 11.6 Å². The first-order valence-electron chi connectivity index (χ1n) is 7.59. The van der Waals surface area contributed by atoms with E-state index in [1.54, 1.807) is 25.1 Å². The number of rotatable bonds is 4. The number of hydrogen-bond acceptors (Lipinski definition) is 3. The molecule has 0 spiro atoms. The zero-order chi connectivity index (χ0) is 19.8. The molecule has 10 heteroatoms. The van der Waals surface area contributed by atoms with Gasteiger partial charge in [0.2, 0.25) is 0 Å². The molecule has 142 valence electrons. The normalized spacial score (nSPS) is 12.2. The van der Waals surface area contributed by atoms with Gasteiger partial charge in [-0.25, -0.2) is 0 Å². The molecular weight excluding hydrogens is 403 g/mol. The highest BCUT2D eigenvalue weighted by molar-refractivity contribution is 7.92. The molecule has 5 nitrogen and oxygen atoms in total. The summed E-state index contributed by atoms with van der Waals surface area (Å²) in [6.07, 6.45) is -4.75. The van der Waals surface area contributed by atoms with Crippen LogP contribution in [-0.2, 0) is 16.2 Å². The highest BCUT2D eigenvalue weighted by Crippen LogP contribution is 2.34. The van der Waals surface area contributed by atoms with Gasteiger partial charge in [0.1, 0.15) is 0 Å². The van der Waals surface area contributed by atoms with E-state index in [4.69, 9.17) is 11.6 Å². The molecule has 1 heterocycles. The highest BCUT2D eigenvalue weighted by Gasteiger charge is 2.36. The van der Waals surface area contributed by atoms with E-state index in [0.717, 1.165) is 11.6 Å². The molecular formula is C17H13ClF3N3O2S. The summed E-state index contributed by atoms with van der Waals surface area (Å²) in [5, 5.41) is 3.54. The van der Waals surface area contributed by atoms with E-state index in [1.165, 1.54) is 30.3 Å². The van der Waals surface area contributed by atoms with Gasteiger partial charge < -0.3 is 0 Å². The Morgan fingerprint density at radius 2 is 1.74 bits per heavy atom. The lowest BCUT2D eigenvalue weighted by molar-refractivity contribution is -0.141. The molecule has 27 heavy (non-hydrogen) atoms.